The van der Waals surface area contributed by atoms with Crippen molar-refractivity contribution in [1.29, 1.82) is 0 Å². The molecule has 0 saturated carbocycles. The number of aromatic nitrogens is 3. The molecule has 0 N–H and O–H groups in total. The molecule has 1 heterocycles. The lowest BCUT2D eigenvalue weighted by molar-refractivity contribution is 0.741. The maximum Gasteiger partial charge on any atom is 0.197 e. The van der Waals surface area contributed by atoms with Crippen LogP contribution < -0.4 is 0 Å². The van der Waals surface area contributed by atoms with Crippen molar-refractivity contribution in [1.82, 2.24) is 14.3 Å². The monoisotopic (exact) mass is 219 g/mol. The molecule has 0 amide bonds. The predicted octanol–water partition coefficient (Wildman–Crippen LogP) is 2.46. The molecule has 0 aliphatic rings. The smallest absolute Gasteiger partial charge is 0.197 e. The molecule has 0 spiro atoms. The van der Waals surface area contributed by atoms with E-state index in [4.69, 9.17) is 12.2 Å². The lowest BCUT2D eigenvalue weighted by Gasteiger charge is -2.00. The summed E-state index contributed by atoms with van der Waals surface area (Å²) in [7, 11) is 3.80. The van der Waals surface area contributed by atoms with Crippen LogP contribution in [0.3, 0.4) is 0 Å². The van der Waals surface area contributed by atoms with E-state index in [-0.39, 0.29) is 0 Å². The van der Waals surface area contributed by atoms with Crippen molar-refractivity contribution in [3.63, 3.8) is 0 Å². The second kappa shape index (κ2) is 3.62. The van der Waals surface area contributed by atoms with E-state index in [1.807, 2.05) is 18.7 Å². The van der Waals surface area contributed by atoms with Crippen molar-refractivity contribution < 1.29 is 0 Å². The third kappa shape index (κ3) is 1.72. The Labute approximate surface area is 94.0 Å². The van der Waals surface area contributed by atoms with Gasteiger partial charge in [-0.2, -0.15) is 5.10 Å². The molecule has 4 heteroatoms. The number of rotatable bonds is 1. The fourth-order valence-electron chi connectivity index (χ4n) is 1.51. The summed E-state index contributed by atoms with van der Waals surface area (Å²) in [5, 5.41) is 4.39. The molecule has 0 radical (unpaired) electrons. The molecule has 1 aromatic heterocycles. The van der Waals surface area contributed by atoms with Gasteiger partial charge in [0, 0.05) is 19.7 Å². The summed E-state index contributed by atoms with van der Waals surface area (Å²) in [6, 6.07) is 8.28. The Morgan fingerprint density at radius 1 is 1.13 bits per heavy atom. The van der Waals surface area contributed by atoms with Gasteiger partial charge in [-0.15, -0.1) is 0 Å². The minimum absolute atomic E-state index is 0.727. The van der Waals surface area contributed by atoms with Crippen LogP contribution in [0.2, 0.25) is 0 Å². The van der Waals surface area contributed by atoms with Gasteiger partial charge in [0.05, 0.1) is 0 Å². The lowest BCUT2D eigenvalue weighted by Crippen LogP contribution is -1.92. The van der Waals surface area contributed by atoms with Crippen molar-refractivity contribution in [2.24, 2.45) is 14.1 Å². The first-order chi connectivity index (χ1) is 7.09. The average molecular weight is 219 g/mol. The number of hydrogen-bond donors (Lipinski definition) is 0. The highest BCUT2D eigenvalue weighted by atomic mass is 32.1. The van der Waals surface area contributed by atoms with Crippen molar-refractivity contribution in [3.8, 4) is 11.4 Å². The number of hydrogen-bond acceptors (Lipinski definition) is 2. The van der Waals surface area contributed by atoms with Gasteiger partial charge in [0.25, 0.3) is 0 Å². The van der Waals surface area contributed by atoms with E-state index in [1.165, 1.54) is 5.56 Å². The highest BCUT2D eigenvalue weighted by molar-refractivity contribution is 7.71. The summed E-state index contributed by atoms with van der Waals surface area (Å²) >= 11 is 5.20. The molecule has 78 valence electrons. The highest BCUT2D eigenvalue weighted by Gasteiger charge is 2.06. The number of nitrogens with zero attached hydrogens (tertiary/aromatic N) is 3. The SMILES string of the molecule is Cc1ccc(-c2nn(C)c(=S)n2C)cc1. The summed E-state index contributed by atoms with van der Waals surface area (Å²) in [6.45, 7) is 2.07. The molecule has 0 saturated heterocycles. The second-order valence-corrected chi connectivity index (χ2v) is 4.02. The van der Waals surface area contributed by atoms with E-state index in [9.17, 15) is 0 Å². The van der Waals surface area contributed by atoms with Crippen molar-refractivity contribution in [2.75, 3.05) is 0 Å². The molecule has 2 rings (SSSR count). The molecule has 0 fully saturated rings. The normalized spacial score (nSPS) is 10.6. The zero-order valence-corrected chi connectivity index (χ0v) is 9.88. The number of aryl methyl sites for hydroxylation is 2. The van der Waals surface area contributed by atoms with Crippen LogP contribution in [0.5, 0.6) is 0 Å². The lowest BCUT2D eigenvalue weighted by atomic mass is 10.1. The minimum atomic E-state index is 0.727. The Balaban J connectivity index is 2.59. The van der Waals surface area contributed by atoms with Crippen LogP contribution in [0.1, 0.15) is 5.56 Å². The highest BCUT2D eigenvalue weighted by Crippen LogP contribution is 2.17. The van der Waals surface area contributed by atoms with E-state index in [0.717, 1.165) is 16.2 Å². The van der Waals surface area contributed by atoms with Gasteiger partial charge in [-0.25, -0.2) is 4.68 Å². The largest absolute Gasteiger partial charge is 0.303 e. The molecule has 15 heavy (non-hydrogen) atoms. The first kappa shape index (κ1) is 10.1. The van der Waals surface area contributed by atoms with E-state index in [2.05, 4.69) is 36.3 Å². The van der Waals surface area contributed by atoms with Crippen LogP contribution in [-0.4, -0.2) is 14.3 Å². The first-order valence-corrected chi connectivity index (χ1v) is 5.17. The number of benzene rings is 1. The maximum atomic E-state index is 5.20. The minimum Gasteiger partial charge on any atom is -0.303 e. The van der Waals surface area contributed by atoms with E-state index in [0.29, 0.717) is 0 Å². The molecule has 0 aliphatic carbocycles. The van der Waals surface area contributed by atoms with Crippen LogP contribution in [0.4, 0.5) is 0 Å². The Kier molecular flexibility index (Phi) is 2.44. The molecule has 0 unspecified atom stereocenters. The van der Waals surface area contributed by atoms with Gasteiger partial charge in [0.15, 0.2) is 10.6 Å². The van der Waals surface area contributed by atoms with Crippen LogP contribution in [-0.2, 0) is 14.1 Å². The molecular weight excluding hydrogens is 206 g/mol. The molecule has 3 nitrogen and oxygen atoms in total. The van der Waals surface area contributed by atoms with Gasteiger partial charge in [-0.3, -0.25) is 0 Å². The summed E-state index contributed by atoms with van der Waals surface area (Å²) in [6.07, 6.45) is 0. The molecular formula is C11H13N3S. The molecule has 0 bridgehead atoms. The predicted molar refractivity (Wildman–Crippen MR) is 63.2 cm³/mol. The van der Waals surface area contributed by atoms with Crippen molar-refractivity contribution in [3.05, 3.63) is 34.6 Å². The van der Waals surface area contributed by atoms with E-state index < -0.39 is 0 Å². The van der Waals surface area contributed by atoms with Crippen LogP contribution >= 0.6 is 12.2 Å². The summed E-state index contributed by atoms with van der Waals surface area (Å²) in [4.78, 5) is 0. The van der Waals surface area contributed by atoms with Crippen LogP contribution in [0.25, 0.3) is 11.4 Å². The summed E-state index contributed by atoms with van der Waals surface area (Å²) in [5.41, 5.74) is 2.34. The van der Waals surface area contributed by atoms with Crippen LogP contribution in [0.15, 0.2) is 24.3 Å². The zero-order chi connectivity index (χ0) is 11.0. The molecule has 2 aromatic rings. The molecule has 1 aromatic carbocycles. The summed E-state index contributed by atoms with van der Waals surface area (Å²) < 4.78 is 4.36. The zero-order valence-electron chi connectivity index (χ0n) is 9.06. The fourth-order valence-corrected chi connectivity index (χ4v) is 1.64. The summed E-state index contributed by atoms with van der Waals surface area (Å²) in [5.74, 6) is 0.905. The Morgan fingerprint density at radius 3 is 2.20 bits per heavy atom. The third-order valence-corrected chi connectivity index (χ3v) is 2.97. The Hall–Kier alpha value is -1.42. The Morgan fingerprint density at radius 2 is 1.73 bits per heavy atom. The maximum absolute atomic E-state index is 5.20. The standard InChI is InChI=1S/C11H13N3S/c1-8-4-6-9(7-5-8)10-12-14(3)11(15)13(10)2/h4-7H,1-3H3. The van der Waals surface area contributed by atoms with Gasteiger partial charge >= 0.3 is 0 Å². The quantitative estimate of drug-likeness (QED) is 0.688. The van der Waals surface area contributed by atoms with E-state index in [1.54, 1.807) is 4.68 Å². The second-order valence-electron chi connectivity index (χ2n) is 3.65. The van der Waals surface area contributed by atoms with Crippen molar-refractivity contribution in [2.45, 2.75) is 6.92 Å². The topological polar surface area (TPSA) is 22.8 Å². The fraction of sp³-hybridized carbons (Fsp3) is 0.273. The molecule has 0 aliphatic heterocycles. The van der Waals surface area contributed by atoms with Gasteiger partial charge in [-0.05, 0) is 19.1 Å². The first-order valence-electron chi connectivity index (χ1n) is 4.76. The van der Waals surface area contributed by atoms with E-state index >= 15 is 0 Å². The van der Waals surface area contributed by atoms with Gasteiger partial charge < -0.3 is 4.57 Å². The van der Waals surface area contributed by atoms with Crippen LogP contribution in [0, 0.1) is 11.7 Å². The van der Waals surface area contributed by atoms with Gasteiger partial charge in [0.2, 0.25) is 0 Å². The third-order valence-electron chi connectivity index (χ3n) is 2.44. The van der Waals surface area contributed by atoms with Crippen molar-refractivity contribution >= 4 is 12.2 Å². The molecule has 0 atom stereocenters. The van der Waals surface area contributed by atoms with Gasteiger partial charge in [-0.1, -0.05) is 29.8 Å². The Bertz CT molecular complexity index is 534. The average Bonchev–Trinajstić information content (AvgIpc) is 2.47. The van der Waals surface area contributed by atoms with Gasteiger partial charge in [0.1, 0.15) is 0 Å².